The highest BCUT2D eigenvalue weighted by Gasteiger charge is 2.41. The van der Waals surface area contributed by atoms with Crippen LogP contribution in [0.5, 0.6) is 0 Å². The van der Waals surface area contributed by atoms with E-state index >= 15 is 0 Å². The van der Waals surface area contributed by atoms with Gasteiger partial charge in [0, 0.05) is 11.1 Å². The molecule has 1 heterocycles. The van der Waals surface area contributed by atoms with Gasteiger partial charge < -0.3 is 4.57 Å². The molecule has 0 saturated heterocycles. The Kier molecular flexibility index (Phi) is 7.27. The van der Waals surface area contributed by atoms with Crippen LogP contribution in [0.25, 0.3) is 43.5 Å². The van der Waals surface area contributed by atoms with E-state index in [0.717, 1.165) is 38.6 Å². The zero-order chi connectivity index (χ0) is 32.5. The summed E-state index contributed by atoms with van der Waals surface area (Å²) in [5, 5.41) is 17.9. The van der Waals surface area contributed by atoms with Crippen LogP contribution in [-0.2, 0) is 0 Å². The van der Waals surface area contributed by atoms with Crippen molar-refractivity contribution in [2.45, 2.75) is 0 Å². The summed E-state index contributed by atoms with van der Waals surface area (Å²) in [7, 11) is -2.72. The number of rotatable bonds is 6. The topological polar surface area (TPSA) is 33.1 Å². The lowest BCUT2D eigenvalue weighted by Gasteiger charge is -2.34. The Bertz CT molecular complexity index is 2430. The van der Waals surface area contributed by atoms with E-state index in [1.54, 1.807) is 0 Å². The van der Waals surface area contributed by atoms with Gasteiger partial charge in [-0.1, -0.05) is 146 Å². The molecule has 8 rings (SSSR count). The number of nitriles is 1. The second-order valence-corrected chi connectivity index (χ2v) is 15.7. The molecule has 0 aliphatic rings. The molecule has 0 amide bonds. The third kappa shape index (κ3) is 4.64. The highest BCUT2D eigenvalue weighted by atomic mass is 28.3. The minimum absolute atomic E-state index is 0.611. The van der Waals surface area contributed by atoms with Crippen molar-refractivity contribution < 1.29 is 0 Å². The molecule has 0 fully saturated rings. The Balaban J connectivity index is 1.33. The van der Waals surface area contributed by atoms with Gasteiger partial charge in [-0.05, 0) is 67.6 Å². The maximum Gasteiger partial charge on any atom is 0.188 e. The van der Waals surface area contributed by atoms with Gasteiger partial charge in [-0.25, -0.2) is 4.85 Å². The molecule has 0 aliphatic carbocycles. The predicted molar refractivity (Wildman–Crippen MR) is 201 cm³/mol. The van der Waals surface area contributed by atoms with E-state index < -0.39 is 8.07 Å². The Morgan fingerprint density at radius 3 is 1.73 bits per heavy atom. The first kappa shape index (κ1) is 29.0. The number of aromatic nitrogens is 1. The molecular formula is C44H29N3Si. The van der Waals surface area contributed by atoms with Crippen molar-refractivity contribution in [2.24, 2.45) is 0 Å². The number of para-hydroxylation sites is 1. The third-order valence-corrected chi connectivity index (χ3v) is 14.2. The Hall–Kier alpha value is -6.46. The fourth-order valence-corrected chi connectivity index (χ4v) is 12.1. The average molecular weight is 628 g/mol. The van der Waals surface area contributed by atoms with Crippen LogP contribution >= 0.6 is 0 Å². The van der Waals surface area contributed by atoms with Crippen molar-refractivity contribution in [1.29, 1.82) is 5.26 Å². The van der Waals surface area contributed by atoms with Crippen LogP contribution in [0.1, 0.15) is 5.56 Å². The van der Waals surface area contributed by atoms with E-state index in [9.17, 15) is 5.26 Å². The molecule has 7 aromatic carbocycles. The lowest BCUT2D eigenvalue weighted by Crippen LogP contribution is -2.74. The summed E-state index contributed by atoms with van der Waals surface area (Å²) in [6.45, 7) is 7.54. The molecule has 0 spiro atoms. The quantitative estimate of drug-likeness (QED) is 0.104. The summed E-state index contributed by atoms with van der Waals surface area (Å²) in [6, 6.07) is 64.2. The van der Waals surface area contributed by atoms with Crippen molar-refractivity contribution in [3.05, 3.63) is 193 Å². The fourth-order valence-electron chi connectivity index (χ4n) is 7.31. The van der Waals surface area contributed by atoms with Crippen LogP contribution in [0.15, 0.2) is 176 Å². The Labute approximate surface area is 281 Å². The molecule has 224 valence electrons. The zero-order valence-electron chi connectivity index (χ0n) is 26.1. The van der Waals surface area contributed by atoms with Crippen LogP contribution in [0.3, 0.4) is 0 Å². The van der Waals surface area contributed by atoms with E-state index in [1.807, 2.05) is 36.4 Å². The number of hydrogen-bond donors (Lipinski definition) is 0. The molecule has 8 aromatic rings. The fraction of sp³-hybridized carbons (Fsp3) is 0. The molecule has 3 nitrogen and oxygen atoms in total. The van der Waals surface area contributed by atoms with Crippen molar-refractivity contribution >= 4 is 56.3 Å². The molecule has 0 radical (unpaired) electrons. The van der Waals surface area contributed by atoms with Crippen LogP contribution < -0.4 is 20.7 Å². The molecule has 0 unspecified atom stereocenters. The lowest BCUT2D eigenvalue weighted by molar-refractivity contribution is 1.18. The number of fused-ring (bicyclic) bond motifs is 3. The highest BCUT2D eigenvalue weighted by molar-refractivity contribution is 7.19. The maximum atomic E-state index is 10.6. The highest BCUT2D eigenvalue weighted by Crippen LogP contribution is 2.35. The van der Waals surface area contributed by atoms with Gasteiger partial charge >= 0.3 is 0 Å². The summed E-state index contributed by atoms with van der Waals surface area (Å²) >= 11 is 0. The number of benzene rings is 7. The summed E-state index contributed by atoms with van der Waals surface area (Å²) in [6.07, 6.45) is 0. The molecule has 0 N–H and O–H groups in total. The number of nitrogens with zero attached hydrogens (tertiary/aromatic N) is 3. The smallest absolute Gasteiger partial charge is 0.188 e. The van der Waals surface area contributed by atoms with Crippen LogP contribution in [0.4, 0.5) is 5.69 Å². The number of hydrogen-bond acceptors (Lipinski definition) is 1. The van der Waals surface area contributed by atoms with Gasteiger partial charge in [-0.2, -0.15) is 5.26 Å². The molecule has 48 heavy (non-hydrogen) atoms. The Morgan fingerprint density at radius 2 is 1.10 bits per heavy atom. The van der Waals surface area contributed by atoms with Gasteiger partial charge in [0.1, 0.15) is 0 Å². The molecule has 0 bridgehead atoms. The molecule has 1 aromatic heterocycles. The SMILES string of the molecule is [C-]#[N+]c1ccc2c(c1)c1ccccc1n2-c1ccc(-c2cccc([Si](c3ccccc3)(c3ccccc3)c3ccccc3)c2)c(C#N)c1. The zero-order valence-corrected chi connectivity index (χ0v) is 27.1. The summed E-state index contributed by atoms with van der Waals surface area (Å²) in [4.78, 5) is 3.66. The maximum absolute atomic E-state index is 10.6. The van der Waals surface area contributed by atoms with Gasteiger partial charge in [-0.15, -0.1) is 0 Å². The first-order chi connectivity index (χ1) is 23.7. The second-order valence-electron chi connectivity index (χ2n) is 11.9. The molecule has 4 heteroatoms. The van der Waals surface area contributed by atoms with Gasteiger partial charge in [0.05, 0.1) is 29.2 Å². The Morgan fingerprint density at radius 1 is 0.521 bits per heavy atom. The van der Waals surface area contributed by atoms with Gasteiger partial charge in [0.15, 0.2) is 13.8 Å². The monoisotopic (exact) mass is 627 g/mol. The first-order valence-corrected chi connectivity index (χ1v) is 17.9. The van der Waals surface area contributed by atoms with Crippen molar-refractivity contribution in [3.8, 4) is 22.9 Å². The molecule has 0 saturated carbocycles. The molecular weight excluding hydrogens is 599 g/mol. The van der Waals surface area contributed by atoms with Crippen molar-refractivity contribution in [3.63, 3.8) is 0 Å². The van der Waals surface area contributed by atoms with E-state index in [0.29, 0.717) is 11.3 Å². The minimum Gasteiger partial charge on any atom is -0.309 e. The summed E-state index contributed by atoms with van der Waals surface area (Å²) in [5.74, 6) is 0. The van der Waals surface area contributed by atoms with E-state index in [1.165, 1.54) is 20.7 Å². The van der Waals surface area contributed by atoms with Crippen molar-refractivity contribution in [2.75, 3.05) is 0 Å². The van der Waals surface area contributed by atoms with Crippen LogP contribution in [0.2, 0.25) is 0 Å². The third-order valence-electron chi connectivity index (χ3n) is 9.39. The summed E-state index contributed by atoms with van der Waals surface area (Å²) in [5.41, 5.74) is 6.09. The van der Waals surface area contributed by atoms with Crippen LogP contribution in [0, 0.1) is 17.9 Å². The lowest BCUT2D eigenvalue weighted by atomic mass is 9.99. The second kappa shape index (κ2) is 12.0. The van der Waals surface area contributed by atoms with E-state index in [4.69, 9.17) is 6.57 Å². The summed E-state index contributed by atoms with van der Waals surface area (Å²) < 4.78 is 2.19. The van der Waals surface area contributed by atoms with E-state index in [2.05, 4.69) is 155 Å². The van der Waals surface area contributed by atoms with Crippen LogP contribution in [-0.4, -0.2) is 12.6 Å². The minimum atomic E-state index is -2.72. The average Bonchev–Trinajstić information content (AvgIpc) is 3.50. The first-order valence-electron chi connectivity index (χ1n) is 15.9. The van der Waals surface area contributed by atoms with Gasteiger partial charge in [0.2, 0.25) is 0 Å². The van der Waals surface area contributed by atoms with Gasteiger partial charge in [0.25, 0.3) is 0 Å². The largest absolute Gasteiger partial charge is 0.309 e. The normalized spacial score (nSPS) is 11.3. The molecule has 0 atom stereocenters. The van der Waals surface area contributed by atoms with Gasteiger partial charge in [-0.3, -0.25) is 0 Å². The molecule has 0 aliphatic heterocycles. The standard InChI is InChI=1S/C44H29N3Si/c1-46-34-24-27-44-42(30-34)41-22-11-12-23-43(41)47(44)35-25-26-40(33(28-35)31-45)32-14-13-21-39(29-32)48(36-15-5-2-6-16-36,37-17-7-3-8-18-37)38-19-9-4-10-20-38/h2-30H. The van der Waals surface area contributed by atoms with E-state index in [-0.39, 0.29) is 0 Å². The van der Waals surface area contributed by atoms with Crippen molar-refractivity contribution in [1.82, 2.24) is 4.57 Å². The predicted octanol–water partition coefficient (Wildman–Crippen LogP) is 8.25.